The van der Waals surface area contributed by atoms with Gasteiger partial charge >= 0.3 is 4.87 Å². The molecule has 0 aliphatic rings. The van der Waals surface area contributed by atoms with Crippen LogP contribution in [-0.2, 0) is 16.6 Å². The Kier molecular flexibility index (Phi) is 4.12. The Bertz CT molecular complexity index is 775. The van der Waals surface area contributed by atoms with Crippen LogP contribution in [0.15, 0.2) is 33.3 Å². The highest BCUT2D eigenvalue weighted by Crippen LogP contribution is 2.21. The molecular formula is C13H16N2O3S2. The van der Waals surface area contributed by atoms with Crippen LogP contribution in [0.2, 0.25) is 0 Å². The molecule has 0 amide bonds. The molecule has 1 N–H and O–H groups in total. The van der Waals surface area contributed by atoms with Crippen LogP contribution in [0.5, 0.6) is 0 Å². The molecule has 7 heteroatoms. The minimum absolute atomic E-state index is 0.0812. The third-order valence-corrected chi connectivity index (χ3v) is 6.30. The molecule has 20 heavy (non-hydrogen) atoms. The lowest BCUT2D eigenvalue weighted by Crippen LogP contribution is -2.26. The first-order chi connectivity index (χ1) is 9.30. The van der Waals surface area contributed by atoms with E-state index in [-0.39, 0.29) is 15.6 Å². The molecule has 1 aromatic carbocycles. The number of aromatic nitrogens is 1. The van der Waals surface area contributed by atoms with Crippen LogP contribution in [-0.4, -0.2) is 24.8 Å². The van der Waals surface area contributed by atoms with Crippen LogP contribution >= 0.6 is 11.3 Å². The quantitative estimate of drug-likeness (QED) is 0.937. The Hall–Kier alpha value is -1.44. The van der Waals surface area contributed by atoms with Crippen LogP contribution in [0.1, 0.15) is 16.8 Å². The Morgan fingerprint density at radius 2 is 2.00 bits per heavy atom. The van der Waals surface area contributed by atoms with E-state index in [1.807, 2.05) is 31.2 Å². The topological polar surface area (TPSA) is 70.2 Å². The first-order valence-corrected chi connectivity index (χ1v) is 8.28. The number of hydrogen-bond donors (Lipinski definition) is 1. The lowest BCUT2D eigenvalue weighted by Gasteiger charge is -2.16. The molecule has 1 heterocycles. The third-order valence-electron chi connectivity index (χ3n) is 2.91. The maximum Gasteiger partial charge on any atom is 0.305 e. The fourth-order valence-electron chi connectivity index (χ4n) is 1.93. The summed E-state index contributed by atoms with van der Waals surface area (Å²) in [6, 6.07) is 7.68. The van der Waals surface area contributed by atoms with Gasteiger partial charge in [-0.2, -0.15) is 4.31 Å². The van der Waals surface area contributed by atoms with Crippen molar-refractivity contribution in [2.24, 2.45) is 0 Å². The highest BCUT2D eigenvalue weighted by molar-refractivity contribution is 7.91. The number of aryl methyl sites for hydroxylation is 2. The van der Waals surface area contributed by atoms with E-state index in [1.54, 1.807) is 6.92 Å². The van der Waals surface area contributed by atoms with Crippen molar-refractivity contribution in [2.45, 2.75) is 24.6 Å². The highest BCUT2D eigenvalue weighted by atomic mass is 32.2. The van der Waals surface area contributed by atoms with E-state index in [0.29, 0.717) is 5.69 Å². The summed E-state index contributed by atoms with van der Waals surface area (Å²) in [5.74, 6) is 0. The molecule has 0 saturated heterocycles. The number of thiazole rings is 1. The van der Waals surface area contributed by atoms with Crippen LogP contribution in [0.4, 0.5) is 0 Å². The number of H-pyrrole nitrogens is 1. The van der Waals surface area contributed by atoms with Gasteiger partial charge in [-0.25, -0.2) is 8.42 Å². The van der Waals surface area contributed by atoms with Crippen LogP contribution < -0.4 is 4.87 Å². The Morgan fingerprint density at radius 3 is 2.55 bits per heavy atom. The summed E-state index contributed by atoms with van der Waals surface area (Å²) in [5.41, 5.74) is 2.38. The van der Waals surface area contributed by atoms with E-state index >= 15 is 0 Å². The van der Waals surface area contributed by atoms with Crippen molar-refractivity contribution in [1.29, 1.82) is 0 Å². The first kappa shape index (κ1) is 15.0. The van der Waals surface area contributed by atoms with Gasteiger partial charge in [-0.15, -0.1) is 0 Å². The molecule has 0 atom stereocenters. The minimum atomic E-state index is -3.64. The molecule has 0 fully saturated rings. The molecular weight excluding hydrogens is 296 g/mol. The van der Waals surface area contributed by atoms with Crippen molar-refractivity contribution in [3.63, 3.8) is 0 Å². The largest absolute Gasteiger partial charge is 0.315 e. The van der Waals surface area contributed by atoms with Gasteiger partial charge in [-0.1, -0.05) is 41.2 Å². The molecule has 0 radical (unpaired) electrons. The molecule has 1 aromatic heterocycles. The average molecular weight is 312 g/mol. The number of sulfonamides is 1. The maximum atomic E-state index is 12.4. The maximum absolute atomic E-state index is 12.4. The lowest BCUT2D eigenvalue weighted by atomic mass is 10.1. The van der Waals surface area contributed by atoms with Crippen molar-refractivity contribution in [1.82, 2.24) is 9.29 Å². The van der Waals surface area contributed by atoms with Gasteiger partial charge in [0.2, 0.25) is 0 Å². The molecule has 108 valence electrons. The number of nitrogens with zero attached hydrogens (tertiary/aromatic N) is 1. The fraction of sp³-hybridized carbons (Fsp3) is 0.308. The van der Waals surface area contributed by atoms with Crippen LogP contribution in [0.25, 0.3) is 0 Å². The zero-order chi connectivity index (χ0) is 14.9. The Balaban J connectivity index is 2.30. The van der Waals surface area contributed by atoms with Gasteiger partial charge in [-0.3, -0.25) is 4.79 Å². The first-order valence-electron chi connectivity index (χ1n) is 6.02. The number of aromatic amines is 1. The summed E-state index contributed by atoms with van der Waals surface area (Å²) in [6.45, 7) is 3.82. The molecule has 0 aliphatic heterocycles. The van der Waals surface area contributed by atoms with E-state index < -0.39 is 10.0 Å². The third kappa shape index (κ3) is 3.00. The van der Waals surface area contributed by atoms with Gasteiger partial charge < -0.3 is 4.98 Å². The van der Waals surface area contributed by atoms with Gasteiger partial charge in [0, 0.05) is 19.3 Å². The summed E-state index contributed by atoms with van der Waals surface area (Å²) >= 11 is 0.723. The predicted octanol–water partition coefficient (Wildman–Crippen LogP) is 1.87. The Labute approximate surface area is 121 Å². The van der Waals surface area contributed by atoms with E-state index in [0.717, 1.165) is 22.5 Å². The van der Waals surface area contributed by atoms with Crippen molar-refractivity contribution in [2.75, 3.05) is 7.05 Å². The lowest BCUT2D eigenvalue weighted by molar-refractivity contribution is 0.468. The standard InChI is InChI=1S/C13H16N2O3S2/c1-9-5-4-6-11(7-9)8-15(3)20(17,18)12-10(2)14-13(16)19-12/h4-7H,8H2,1-3H3,(H,14,16). The van der Waals surface area contributed by atoms with E-state index in [1.165, 1.54) is 11.4 Å². The second-order valence-electron chi connectivity index (χ2n) is 4.68. The SMILES string of the molecule is Cc1cccc(CN(C)S(=O)(=O)c2sc(=O)[nH]c2C)c1. The summed E-state index contributed by atoms with van der Waals surface area (Å²) in [4.78, 5) is 13.4. The molecule has 0 unspecified atom stereocenters. The summed E-state index contributed by atoms with van der Waals surface area (Å²) < 4.78 is 26.2. The van der Waals surface area contributed by atoms with Crippen molar-refractivity contribution in [3.05, 3.63) is 50.8 Å². The van der Waals surface area contributed by atoms with Crippen molar-refractivity contribution >= 4 is 21.4 Å². The van der Waals surface area contributed by atoms with Crippen molar-refractivity contribution in [3.8, 4) is 0 Å². The molecule has 0 aliphatic carbocycles. The van der Waals surface area contributed by atoms with Crippen LogP contribution in [0, 0.1) is 13.8 Å². The van der Waals surface area contributed by atoms with Gasteiger partial charge in [0.15, 0.2) is 4.21 Å². The van der Waals surface area contributed by atoms with E-state index in [2.05, 4.69) is 4.98 Å². The highest BCUT2D eigenvalue weighted by Gasteiger charge is 2.25. The zero-order valence-electron chi connectivity index (χ0n) is 11.5. The fourth-order valence-corrected chi connectivity index (χ4v) is 4.58. The summed E-state index contributed by atoms with van der Waals surface area (Å²) in [7, 11) is -2.12. The number of benzene rings is 1. The molecule has 0 saturated carbocycles. The number of hydrogen-bond acceptors (Lipinski definition) is 4. The second kappa shape index (κ2) is 5.51. The molecule has 2 aromatic rings. The number of rotatable bonds is 4. The van der Waals surface area contributed by atoms with Crippen LogP contribution in [0.3, 0.4) is 0 Å². The molecule has 5 nitrogen and oxygen atoms in total. The average Bonchev–Trinajstić information content (AvgIpc) is 2.69. The monoisotopic (exact) mass is 312 g/mol. The normalized spacial score (nSPS) is 12.0. The summed E-state index contributed by atoms with van der Waals surface area (Å²) in [5, 5.41) is 0. The second-order valence-corrected chi connectivity index (χ2v) is 7.90. The molecule has 2 rings (SSSR count). The summed E-state index contributed by atoms with van der Waals surface area (Å²) in [6.07, 6.45) is 0. The van der Waals surface area contributed by atoms with Gasteiger partial charge in [0.05, 0.1) is 0 Å². The molecule has 0 bridgehead atoms. The zero-order valence-corrected chi connectivity index (χ0v) is 13.1. The van der Waals surface area contributed by atoms with E-state index in [4.69, 9.17) is 0 Å². The van der Waals surface area contributed by atoms with Gasteiger partial charge in [0.25, 0.3) is 10.0 Å². The van der Waals surface area contributed by atoms with Crippen molar-refractivity contribution < 1.29 is 8.42 Å². The Morgan fingerprint density at radius 1 is 1.30 bits per heavy atom. The number of nitrogens with one attached hydrogen (secondary N) is 1. The predicted molar refractivity (Wildman–Crippen MR) is 79.5 cm³/mol. The van der Waals surface area contributed by atoms with Gasteiger partial charge in [0.1, 0.15) is 0 Å². The van der Waals surface area contributed by atoms with E-state index in [9.17, 15) is 13.2 Å². The smallest absolute Gasteiger partial charge is 0.305 e. The minimum Gasteiger partial charge on any atom is -0.315 e. The molecule has 0 spiro atoms. The van der Waals surface area contributed by atoms with Gasteiger partial charge in [-0.05, 0) is 19.4 Å².